The van der Waals surface area contributed by atoms with Gasteiger partial charge in [0.25, 0.3) is 0 Å². The van der Waals surface area contributed by atoms with Crippen LogP contribution in [-0.4, -0.2) is 55.9 Å². The summed E-state index contributed by atoms with van der Waals surface area (Å²) in [4.78, 5) is 31.5. The molecule has 2 fully saturated rings. The van der Waals surface area contributed by atoms with Crippen molar-refractivity contribution in [3.05, 3.63) is 11.6 Å². The van der Waals surface area contributed by atoms with Crippen LogP contribution in [0.1, 0.15) is 53.4 Å². The molecule has 2 aliphatic rings. The van der Waals surface area contributed by atoms with E-state index < -0.39 is 0 Å². The molecule has 0 aliphatic carbocycles. The second-order valence-corrected chi connectivity index (χ2v) is 9.74. The van der Waals surface area contributed by atoms with Crippen LogP contribution < -0.4 is 15.5 Å². The number of aromatic nitrogens is 4. The highest BCUT2D eigenvalue weighted by Gasteiger charge is 2.38. The fourth-order valence-corrected chi connectivity index (χ4v) is 4.98. The van der Waals surface area contributed by atoms with E-state index in [1.54, 1.807) is 0 Å². The van der Waals surface area contributed by atoms with E-state index in [1.807, 2.05) is 0 Å². The van der Waals surface area contributed by atoms with Crippen LogP contribution in [0.3, 0.4) is 0 Å². The average Bonchev–Trinajstić information content (AvgIpc) is 2.60. The first-order valence-corrected chi connectivity index (χ1v) is 10.5. The maximum atomic E-state index is 11.6. The van der Waals surface area contributed by atoms with Gasteiger partial charge in [0.2, 0.25) is 5.28 Å². The SMILES string of the molecule is CC1(C)CC(Nc2ncnc3c(N4CCC(=O)CC4)nc(Cl)nc23)CC(C)(C)N1. The Hall–Kier alpha value is -2.06. The molecule has 29 heavy (non-hydrogen) atoms. The zero-order valence-corrected chi connectivity index (χ0v) is 18.2. The molecule has 0 unspecified atom stereocenters. The molecule has 0 bridgehead atoms. The number of hydrogen-bond acceptors (Lipinski definition) is 8. The Labute approximate surface area is 175 Å². The van der Waals surface area contributed by atoms with E-state index in [4.69, 9.17) is 11.6 Å². The number of Topliss-reactive ketones (excluding diaryl/α,β-unsaturated/α-hetero) is 1. The van der Waals surface area contributed by atoms with Crippen LogP contribution in [0.5, 0.6) is 0 Å². The van der Waals surface area contributed by atoms with Gasteiger partial charge in [0.1, 0.15) is 23.1 Å². The Bertz CT molecular complexity index is 920. The third-order valence-electron chi connectivity index (χ3n) is 5.59. The topological polar surface area (TPSA) is 95.9 Å². The summed E-state index contributed by atoms with van der Waals surface area (Å²) in [5.74, 6) is 1.62. The molecule has 0 amide bonds. The van der Waals surface area contributed by atoms with Crippen LogP contribution in [0.15, 0.2) is 6.33 Å². The van der Waals surface area contributed by atoms with Gasteiger partial charge in [-0.05, 0) is 52.1 Å². The van der Waals surface area contributed by atoms with E-state index in [1.165, 1.54) is 6.33 Å². The summed E-state index contributed by atoms with van der Waals surface area (Å²) in [6.07, 6.45) is 4.48. The van der Waals surface area contributed by atoms with Crippen LogP contribution in [0.4, 0.5) is 11.6 Å². The van der Waals surface area contributed by atoms with E-state index >= 15 is 0 Å². The number of hydrogen-bond donors (Lipinski definition) is 2. The molecule has 2 aromatic heterocycles. The van der Waals surface area contributed by atoms with Crippen molar-refractivity contribution < 1.29 is 4.79 Å². The molecule has 2 N–H and O–H groups in total. The Kier molecular flexibility index (Phi) is 5.11. The number of rotatable bonds is 3. The van der Waals surface area contributed by atoms with Gasteiger partial charge in [-0.2, -0.15) is 4.98 Å². The van der Waals surface area contributed by atoms with Crippen LogP contribution in [0.2, 0.25) is 5.28 Å². The molecule has 0 aromatic carbocycles. The molecule has 9 heteroatoms. The van der Waals surface area contributed by atoms with E-state index in [9.17, 15) is 4.79 Å². The number of fused-ring (bicyclic) bond motifs is 1. The van der Waals surface area contributed by atoms with Crippen molar-refractivity contribution in [2.24, 2.45) is 0 Å². The number of halogens is 1. The summed E-state index contributed by atoms with van der Waals surface area (Å²) < 4.78 is 0. The number of nitrogens with one attached hydrogen (secondary N) is 2. The monoisotopic (exact) mass is 417 g/mol. The molecular weight excluding hydrogens is 390 g/mol. The van der Waals surface area contributed by atoms with E-state index in [-0.39, 0.29) is 28.2 Å². The summed E-state index contributed by atoms with van der Waals surface area (Å²) in [5.41, 5.74) is 1.31. The molecule has 2 aliphatic heterocycles. The van der Waals surface area contributed by atoms with Gasteiger partial charge in [-0.15, -0.1) is 0 Å². The van der Waals surface area contributed by atoms with Crippen molar-refractivity contribution in [2.45, 2.75) is 70.5 Å². The fraction of sp³-hybridized carbons (Fsp3) is 0.650. The van der Waals surface area contributed by atoms with E-state index in [0.717, 1.165) is 12.8 Å². The lowest BCUT2D eigenvalue weighted by Crippen LogP contribution is -2.60. The van der Waals surface area contributed by atoms with Crippen molar-refractivity contribution >= 4 is 40.1 Å². The van der Waals surface area contributed by atoms with Gasteiger partial charge in [-0.1, -0.05) is 0 Å². The molecule has 0 atom stereocenters. The largest absolute Gasteiger partial charge is 0.365 e. The van der Waals surface area contributed by atoms with Crippen molar-refractivity contribution in [1.82, 2.24) is 25.3 Å². The van der Waals surface area contributed by atoms with Crippen molar-refractivity contribution in [3.8, 4) is 0 Å². The maximum absolute atomic E-state index is 11.6. The minimum absolute atomic E-state index is 0.0143. The zero-order chi connectivity index (χ0) is 20.8. The highest BCUT2D eigenvalue weighted by Crippen LogP contribution is 2.33. The molecule has 0 saturated carbocycles. The Balaban J connectivity index is 1.68. The average molecular weight is 418 g/mol. The standard InChI is InChI=1S/C20H28ClN7O/c1-19(2)9-12(10-20(3,4)27-19)24-16-14-15(22-11-23-16)17(26-18(21)25-14)28-7-5-13(29)6-8-28/h11-12,27H,5-10H2,1-4H3,(H,22,23,24). The summed E-state index contributed by atoms with van der Waals surface area (Å²) in [7, 11) is 0. The lowest BCUT2D eigenvalue weighted by atomic mass is 9.79. The second kappa shape index (κ2) is 7.32. The third-order valence-corrected chi connectivity index (χ3v) is 5.76. The lowest BCUT2D eigenvalue weighted by Gasteiger charge is -2.46. The van der Waals surface area contributed by atoms with Gasteiger partial charge in [0, 0.05) is 43.1 Å². The van der Waals surface area contributed by atoms with Gasteiger partial charge in [-0.3, -0.25) is 4.79 Å². The lowest BCUT2D eigenvalue weighted by molar-refractivity contribution is -0.119. The zero-order valence-electron chi connectivity index (χ0n) is 17.4. The second-order valence-electron chi connectivity index (χ2n) is 9.40. The highest BCUT2D eigenvalue weighted by molar-refractivity contribution is 6.29. The number of nitrogens with zero attached hydrogens (tertiary/aromatic N) is 5. The van der Waals surface area contributed by atoms with Gasteiger partial charge in [-0.25, -0.2) is 15.0 Å². The normalized spacial score (nSPS) is 22.1. The molecule has 4 heterocycles. The Morgan fingerprint density at radius 3 is 2.38 bits per heavy atom. The smallest absolute Gasteiger partial charge is 0.225 e. The number of anilines is 2. The quantitative estimate of drug-likeness (QED) is 0.736. The molecule has 2 aromatic rings. The minimum Gasteiger partial charge on any atom is -0.365 e. The van der Waals surface area contributed by atoms with Crippen molar-refractivity contribution in [3.63, 3.8) is 0 Å². The van der Waals surface area contributed by atoms with E-state index in [0.29, 0.717) is 48.6 Å². The number of ketones is 1. The molecule has 0 radical (unpaired) electrons. The summed E-state index contributed by atoms with van der Waals surface area (Å²) in [5, 5.41) is 7.44. The van der Waals surface area contributed by atoms with Gasteiger partial charge in [0.15, 0.2) is 11.6 Å². The van der Waals surface area contributed by atoms with Crippen molar-refractivity contribution in [1.29, 1.82) is 0 Å². The first kappa shape index (κ1) is 20.2. The maximum Gasteiger partial charge on any atom is 0.225 e. The molecule has 0 spiro atoms. The first-order valence-electron chi connectivity index (χ1n) is 10.1. The number of carbonyl (C=O) groups excluding carboxylic acids is 1. The predicted octanol–water partition coefficient (Wildman–Crippen LogP) is 2.96. The first-order chi connectivity index (χ1) is 13.6. The molecule has 8 nitrogen and oxygen atoms in total. The Morgan fingerprint density at radius 2 is 1.72 bits per heavy atom. The van der Waals surface area contributed by atoms with Crippen LogP contribution >= 0.6 is 11.6 Å². The highest BCUT2D eigenvalue weighted by atomic mass is 35.5. The molecule has 2 saturated heterocycles. The summed E-state index contributed by atoms with van der Waals surface area (Å²) >= 11 is 6.27. The minimum atomic E-state index is 0.0143. The van der Waals surface area contributed by atoms with Crippen LogP contribution in [0, 0.1) is 0 Å². The van der Waals surface area contributed by atoms with Gasteiger partial charge >= 0.3 is 0 Å². The third kappa shape index (κ3) is 4.43. The van der Waals surface area contributed by atoms with Crippen LogP contribution in [0.25, 0.3) is 11.0 Å². The van der Waals surface area contributed by atoms with E-state index in [2.05, 4.69) is 63.2 Å². The Morgan fingerprint density at radius 1 is 1.07 bits per heavy atom. The molecule has 4 rings (SSSR count). The fourth-order valence-electron chi connectivity index (χ4n) is 4.82. The van der Waals surface area contributed by atoms with Gasteiger partial charge < -0.3 is 15.5 Å². The summed E-state index contributed by atoms with van der Waals surface area (Å²) in [6, 6.07) is 0.240. The molecule has 156 valence electrons. The molecular formula is C20H28ClN7O. The number of piperidine rings is 2. The predicted molar refractivity (Wildman–Crippen MR) is 115 cm³/mol. The van der Waals surface area contributed by atoms with Gasteiger partial charge in [0.05, 0.1) is 0 Å². The van der Waals surface area contributed by atoms with Crippen molar-refractivity contribution in [2.75, 3.05) is 23.3 Å². The summed E-state index contributed by atoms with van der Waals surface area (Å²) in [6.45, 7) is 10.1. The van der Waals surface area contributed by atoms with Crippen LogP contribution in [-0.2, 0) is 4.79 Å². The number of carbonyl (C=O) groups is 1.